The highest BCUT2D eigenvalue weighted by atomic mass is 31.2. The maximum atomic E-state index is 8.55. The van der Waals surface area contributed by atoms with E-state index >= 15 is 0 Å². The fourth-order valence-corrected chi connectivity index (χ4v) is 3.44. The summed E-state index contributed by atoms with van der Waals surface area (Å²) in [4.78, 5) is 27.4. The van der Waals surface area contributed by atoms with E-state index in [0.29, 0.717) is 6.04 Å². The summed E-state index contributed by atoms with van der Waals surface area (Å²) < 4.78 is 14.8. The van der Waals surface area contributed by atoms with Crippen molar-refractivity contribution in [2.75, 3.05) is 19.7 Å². The van der Waals surface area contributed by atoms with Crippen LogP contribution in [-0.2, 0) is 11.0 Å². The summed E-state index contributed by atoms with van der Waals surface area (Å²) in [6.07, 6.45) is 5.06. The first-order valence-electron chi connectivity index (χ1n) is 9.65. The number of quaternary nitrogens is 1. The second-order valence-corrected chi connectivity index (χ2v) is 8.04. The van der Waals surface area contributed by atoms with Gasteiger partial charge in [0, 0.05) is 6.42 Å². The predicted octanol–water partition coefficient (Wildman–Crippen LogP) is 0.289. The van der Waals surface area contributed by atoms with Gasteiger partial charge >= 0.3 is 0 Å². The van der Waals surface area contributed by atoms with Crippen LogP contribution in [0.2, 0.25) is 0 Å². The molecule has 2 aromatic rings. The van der Waals surface area contributed by atoms with Gasteiger partial charge in [-0.25, -0.2) is 0 Å². The molecule has 0 amide bonds. The molecule has 0 spiro atoms. The number of hydrogen-bond donors (Lipinski definition) is 1. The lowest BCUT2D eigenvalue weighted by Gasteiger charge is -2.36. The minimum atomic E-state index is -5.39. The average molecular weight is 405 g/mol. The number of para-hydroxylation sites is 1. The van der Waals surface area contributed by atoms with Gasteiger partial charge in [-0.05, 0) is 43.4 Å². The molecule has 0 saturated carbocycles. The van der Waals surface area contributed by atoms with Crippen LogP contribution in [0.4, 0.5) is 0 Å². The monoisotopic (exact) mass is 405 g/mol. The third-order valence-electron chi connectivity index (χ3n) is 4.89. The minimum absolute atomic E-state index is 0.570. The quantitative estimate of drug-likeness (QED) is 0.697. The molecule has 1 aliphatic heterocycles. The van der Waals surface area contributed by atoms with Gasteiger partial charge in [0.1, 0.15) is 18.4 Å². The number of rotatable bonds is 6. The number of likely N-dealkylation sites (tertiary alicyclic amines) is 1. The number of hydrogen-bond acceptors (Lipinski definition) is 5. The van der Waals surface area contributed by atoms with E-state index in [1.165, 1.54) is 43.5 Å². The second kappa shape index (κ2) is 11.3. The van der Waals surface area contributed by atoms with Gasteiger partial charge in [-0.3, -0.25) is 0 Å². The molecule has 0 aliphatic carbocycles. The Morgan fingerprint density at radius 1 is 0.964 bits per heavy atom. The lowest BCUT2D eigenvalue weighted by Crippen LogP contribution is -3.16. The number of nitrogens with one attached hydrogen (secondary N) is 1. The van der Waals surface area contributed by atoms with Crippen molar-refractivity contribution < 1.29 is 28.9 Å². The molecule has 0 aromatic heterocycles. The van der Waals surface area contributed by atoms with Gasteiger partial charge < -0.3 is 28.9 Å². The molecule has 6 nitrogen and oxygen atoms in total. The molecule has 0 bridgehead atoms. The Labute approximate surface area is 167 Å². The molecule has 3 rings (SSSR count). The highest BCUT2D eigenvalue weighted by molar-refractivity contribution is 7.40. The first kappa shape index (κ1) is 22.6. The number of phosphoric acid groups is 1. The van der Waals surface area contributed by atoms with E-state index in [1.807, 2.05) is 0 Å². The molecule has 1 N–H and O–H groups in total. The van der Waals surface area contributed by atoms with E-state index in [0.717, 1.165) is 18.8 Å². The predicted molar refractivity (Wildman–Crippen MR) is 103 cm³/mol. The van der Waals surface area contributed by atoms with Gasteiger partial charge in [-0.2, -0.15) is 7.82 Å². The molecular weight excluding hydrogens is 377 g/mol. The molecule has 28 heavy (non-hydrogen) atoms. The van der Waals surface area contributed by atoms with Crippen LogP contribution in [0, 0.1) is 0 Å². The van der Waals surface area contributed by atoms with Gasteiger partial charge in [-0.15, -0.1) is 0 Å². The molecule has 2 aromatic carbocycles. The molecule has 7 heteroatoms. The van der Waals surface area contributed by atoms with Gasteiger partial charge in [0.25, 0.3) is 0 Å². The van der Waals surface area contributed by atoms with Gasteiger partial charge in [0.2, 0.25) is 0 Å². The molecule has 1 heterocycles. The van der Waals surface area contributed by atoms with Crippen molar-refractivity contribution in [2.24, 2.45) is 0 Å². The fourth-order valence-electron chi connectivity index (χ4n) is 3.44. The van der Waals surface area contributed by atoms with Crippen molar-refractivity contribution in [1.82, 2.24) is 0 Å². The zero-order valence-corrected chi connectivity index (χ0v) is 17.1. The Bertz CT molecular complexity index is 735. The lowest BCUT2D eigenvalue weighted by atomic mass is 10.0. The van der Waals surface area contributed by atoms with E-state index < -0.39 is 7.82 Å². The Kier molecular flexibility index (Phi) is 9.16. The zero-order valence-electron chi connectivity index (χ0n) is 16.2. The van der Waals surface area contributed by atoms with Crippen molar-refractivity contribution >= 4 is 7.82 Å². The lowest BCUT2D eigenvalue weighted by molar-refractivity contribution is -0.928. The Morgan fingerprint density at radius 2 is 1.54 bits per heavy atom. The van der Waals surface area contributed by atoms with Crippen LogP contribution in [0.1, 0.15) is 37.3 Å². The summed E-state index contributed by atoms with van der Waals surface area (Å²) in [5.74, 6) is 1.04. The number of piperidine rings is 1. The molecular formula is C21H28NO5P-2. The summed E-state index contributed by atoms with van der Waals surface area (Å²) >= 11 is 0. The maximum Gasteiger partial charge on any atom is 0.140 e. The van der Waals surface area contributed by atoms with Crippen molar-refractivity contribution in [3.05, 3.63) is 65.7 Å². The standard InChI is InChI=1S/C21H27NO.H3O4P/c1-18(22-14-8-3-9-15-22)17-23-21-13-7-6-12-20(21)16-19-10-4-2-5-11-19;1-5(2,3)4/h2,4-7,10-13,18H,3,8-9,14-17H2,1H3;(H3,1,2,3,4)/p-2. The topological polar surface area (TPSA) is 99.9 Å². The van der Waals surface area contributed by atoms with Crippen LogP contribution >= 0.6 is 7.82 Å². The summed E-state index contributed by atoms with van der Waals surface area (Å²) in [7, 11) is -5.39. The Hall–Kier alpha value is -1.69. The SMILES string of the molecule is CC(COc1ccccc1Cc1ccccc1)[NH+]1CCCCC1.O=P([O-])([O-])[O-]. The van der Waals surface area contributed by atoms with Crippen LogP contribution < -0.4 is 24.3 Å². The van der Waals surface area contributed by atoms with E-state index in [-0.39, 0.29) is 0 Å². The summed E-state index contributed by atoms with van der Waals surface area (Å²) in [6, 6.07) is 19.6. The first-order chi connectivity index (χ1) is 13.3. The normalized spacial score (nSPS) is 16.0. The highest BCUT2D eigenvalue weighted by Gasteiger charge is 2.21. The van der Waals surface area contributed by atoms with Crippen molar-refractivity contribution in [3.63, 3.8) is 0 Å². The molecule has 1 unspecified atom stereocenters. The van der Waals surface area contributed by atoms with Crippen molar-refractivity contribution in [1.29, 1.82) is 0 Å². The summed E-state index contributed by atoms with van der Waals surface area (Å²) in [5, 5.41) is 0. The Morgan fingerprint density at radius 3 is 2.18 bits per heavy atom. The zero-order chi connectivity index (χ0) is 20.4. The second-order valence-electron chi connectivity index (χ2n) is 7.15. The van der Waals surface area contributed by atoms with Gasteiger partial charge in [0.15, 0.2) is 0 Å². The molecule has 1 atom stereocenters. The molecule has 0 radical (unpaired) electrons. The van der Waals surface area contributed by atoms with Crippen LogP contribution in [-0.4, -0.2) is 25.7 Å². The Balaban J connectivity index is 0.000000500. The number of benzene rings is 2. The summed E-state index contributed by atoms with van der Waals surface area (Å²) in [6.45, 7) is 5.73. The van der Waals surface area contributed by atoms with Crippen molar-refractivity contribution in [3.8, 4) is 5.75 Å². The van der Waals surface area contributed by atoms with Crippen LogP contribution in [0.5, 0.6) is 5.75 Å². The average Bonchev–Trinajstić information content (AvgIpc) is 2.67. The van der Waals surface area contributed by atoms with Crippen LogP contribution in [0.15, 0.2) is 54.6 Å². The van der Waals surface area contributed by atoms with Crippen LogP contribution in [0.25, 0.3) is 0 Å². The van der Waals surface area contributed by atoms with Gasteiger partial charge in [0.05, 0.1) is 13.1 Å². The minimum Gasteiger partial charge on any atom is -0.822 e. The number of ether oxygens (including phenoxy) is 1. The van der Waals surface area contributed by atoms with E-state index in [2.05, 4.69) is 61.5 Å². The molecule has 1 fully saturated rings. The third kappa shape index (κ3) is 9.00. The van der Waals surface area contributed by atoms with Gasteiger partial charge in [-0.1, -0.05) is 48.5 Å². The summed E-state index contributed by atoms with van der Waals surface area (Å²) in [5.41, 5.74) is 2.61. The first-order valence-corrected chi connectivity index (χ1v) is 11.1. The molecule has 1 aliphatic rings. The van der Waals surface area contributed by atoms with E-state index in [4.69, 9.17) is 24.0 Å². The molecule has 1 saturated heterocycles. The smallest absolute Gasteiger partial charge is 0.140 e. The van der Waals surface area contributed by atoms with E-state index in [9.17, 15) is 0 Å². The van der Waals surface area contributed by atoms with Crippen molar-refractivity contribution in [2.45, 2.75) is 38.6 Å². The van der Waals surface area contributed by atoms with Crippen LogP contribution in [0.3, 0.4) is 0 Å². The molecule has 154 valence electrons. The highest BCUT2D eigenvalue weighted by Crippen LogP contribution is 2.21. The van der Waals surface area contributed by atoms with E-state index in [1.54, 1.807) is 4.90 Å². The fraction of sp³-hybridized carbons (Fsp3) is 0.429. The maximum absolute atomic E-state index is 8.55. The third-order valence-corrected chi connectivity index (χ3v) is 4.89. The largest absolute Gasteiger partial charge is 0.822 e.